The molecule has 2 nitrogen and oxygen atoms in total. The van der Waals surface area contributed by atoms with Crippen LogP contribution in [0.3, 0.4) is 0 Å². The van der Waals surface area contributed by atoms with Crippen LogP contribution in [0.4, 0.5) is 0 Å². The first-order valence-electron chi connectivity index (χ1n) is 5.21. The van der Waals surface area contributed by atoms with Gasteiger partial charge in [-0.2, -0.15) is 0 Å². The van der Waals surface area contributed by atoms with Crippen LogP contribution >= 0.6 is 12.2 Å². The summed E-state index contributed by atoms with van der Waals surface area (Å²) in [4.78, 5) is 7.22. The number of aromatic amines is 1. The minimum atomic E-state index is 0.528. The summed E-state index contributed by atoms with van der Waals surface area (Å²) in [5.41, 5.74) is 5.85. The van der Waals surface area contributed by atoms with Crippen LogP contribution in [-0.4, -0.2) is 9.97 Å². The van der Waals surface area contributed by atoms with Crippen molar-refractivity contribution in [1.82, 2.24) is 9.97 Å². The van der Waals surface area contributed by atoms with Gasteiger partial charge in [-0.3, -0.25) is 0 Å². The largest absolute Gasteiger partial charge is 0.330 e. The van der Waals surface area contributed by atoms with E-state index in [1.165, 1.54) is 16.7 Å². The first kappa shape index (κ1) is 11.0. The molecule has 0 radical (unpaired) electrons. The van der Waals surface area contributed by atoms with Crippen molar-refractivity contribution in [2.45, 2.75) is 20.8 Å². The van der Waals surface area contributed by atoms with Crippen LogP contribution in [0, 0.1) is 25.5 Å². The Morgan fingerprint density at radius 1 is 1.06 bits per heavy atom. The molecular formula is C13H14N2S. The standard InChI is InChI=1S/C13H14N2S/c1-8-4-9(2)6-11(5-8)12-10(3)7-14-13(16)15-12/h4-7H,1-3H3,(H,14,15,16). The molecule has 2 rings (SSSR count). The number of H-pyrrole nitrogens is 1. The van der Waals surface area contributed by atoms with Crippen LogP contribution in [0.1, 0.15) is 16.7 Å². The highest BCUT2D eigenvalue weighted by Gasteiger charge is 2.03. The van der Waals surface area contributed by atoms with E-state index in [9.17, 15) is 0 Å². The second-order valence-electron chi connectivity index (χ2n) is 4.12. The van der Waals surface area contributed by atoms with E-state index in [4.69, 9.17) is 12.2 Å². The van der Waals surface area contributed by atoms with Gasteiger partial charge >= 0.3 is 0 Å². The molecule has 0 saturated carbocycles. The van der Waals surface area contributed by atoms with Gasteiger partial charge in [-0.05, 0) is 56.2 Å². The number of aromatic nitrogens is 2. The first-order chi connectivity index (χ1) is 7.56. The van der Waals surface area contributed by atoms with Crippen molar-refractivity contribution >= 4 is 12.2 Å². The minimum Gasteiger partial charge on any atom is -0.330 e. The maximum atomic E-state index is 5.06. The highest BCUT2D eigenvalue weighted by molar-refractivity contribution is 7.71. The zero-order chi connectivity index (χ0) is 11.7. The topological polar surface area (TPSA) is 28.7 Å². The third kappa shape index (κ3) is 2.19. The molecule has 0 aliphatic rings. The van der Waals surface area contributed by atoms with Gasteiger partial charge in [0.2, 0.25) is 0 Å². The third-order valence-electron chi connectivity index (χ3n) is 2.51. The first-order valence-corrected chi connectivity index (χ1v) is 5.61. The molecule has 1 heterocycles. The summed E-state index contributed by atoms with van der Waals surface area (Å²) >= 11 is 5.06. The van der Waals surface area contributed by atoms with E-state index >= 15 is 0 Å². The van der Waals surface area contributed by atoms with Gasteiger partial charge < -0.3 is 4.98 Å². The monoisotopic (exact) mass is 230 g/mol. The number of hydrogen-bond acceptors (Lipinski definition) is 2. The lowest BCUT2D eigenvalue weighted by atomic mass is 10.0. The predicted molar refractivity (Wildman–Crippen MR) is 69.1 cm³/mol. The van der Waals surface area contributed by atoms with Gasteiger partial charge in [0.25, 0.3) is 0 Å². The van der Waals surface area contributed by atoms with Crippen molar-refractivity contribution in [3.8, 4) is 11.3 Å². The van der Waals surface area contributed by atoms with Gasteiger partial charge in [0.05, 0.1) is 5.69 Å². The number of benzene rings is 1. The molecule has 0 aliphatic heterocycles. The van der Waals surface area contributed by atoms with E-state index in [0.29, 0.717) is 4.77 Å². The normalized spacial score (nSPS) is 10.4. The van der Waals surface area contributed by atoms with Crippen molar-refractivity contribution in [3.05, 3.63) is 45.9 Å². The SMILES string of the molecule is Cc1cc(C)cc(-c2[nH]c(=S)ncc2C)c1. The summed E-state index contributed by atoms with van der Waals surface area (Å²) in [5, 5.41) is 0. The molecule has 16 heavy (non-hydrogen) atoms. The summed E-state index contributed by atoms with van der Waals surface area (Å²) < 4.78 is 0.528. The van der Waals surface area contributed by atoms with Crippen LogP contribution in [0.15, 0.2) is 24.4 Å². The lowest BCUT2D eigenvalue weighted by Crippen LogP contribution is -1.92. The fraction of sp³-hybridized carbons (Fsp3) is 0.231. The molecule has 1 aromatic heterocycles. The van der Waals surface area contributed by atoms with Gasteiger partial charge in [0.1, 0.15) is 0 Å². The minimum absolute atomic E-state index is 0.528. The Morgan fingerprint density at radius 3 is 2.31 bits per heavy atom. The quantitative estimate of drug-likeness (QED) is 0.756. The molecule has 82 valence electrons. The number of hydrogen-bond donors (Lipinski definition) is 1. The van der Waals surface area contributed by atoms with E-state index in [2.05, 4.69) is 42.0 Å². The predicted octanol–water partition coefficient (Wildman–Crippen LogP) is 3.73. The van der Waals surface area contributed by atoms with Gasteiger partial charge in [0, 0.05) is 6.20 Å². The van der Waals surface area contributed by atoms with Crippen molar-refractivity contribution in [3.63, 3.8) is 0 Å². The van der Waals surface area contributed by atoms with Gasteiger partial charge in [-0.1, -0.05) is 17.2 Å². The molecule has 0 spiro atoms. The Hall–Kier alpha value is -1.48. The van der Waals surface area contributed by atoms with Crippen LogP contribution in [0.25, 0.3) is 11.3 Å². The average Bonchev–Trinajstić information content (AvgIpc) is 2.20. The number of nitrogens with one attached hydrogen (secondary N) is 1. The average molecular weight is 230 g/mol. The molecule has 0 saturated heterocycles. The highest BCUT2D eigenvalue weighted by Crippen LogP contribution is 2.22. The van der Waals surface area contributed by atoms with Crippen LogP contribution < -0.4 is 0 Å². The zero-order valence-electron chi connectivity index (χ0n) is 9.66. The summed E-state index contributed by atoms with van der Waals surface area (Å²) in [6.45, 7) is 6.23. The molecule has 0 atom stereocenters. The van der Waals surface area contributed by atoms with E-state index in [1.807, 2.05) is 13.1 Å². The summed E-state index contributed by atoms with van der Waals surface area (Å²) in [7, 11) is 0. The summed E-state index contributed by atoms with van der Waals surface area (Å²) in [6.07, 6.45) is 1.81. The van der Waals surface area contributed by atoms with E-state index in [-0.39, 0.29) is 0 Å². The fourth-order valence-corrected chi connectivity index (χ4v) is 2.03. The Labute approximate surface area is 100 Å². The smallest absolute Gasteiger partial charge is 0.197 e. The van der Waals surface area contributed by atoms with Gasteiger partial charge in [-0.25, -0.2) is 4.98 Å². The van der Waals surface area contributed by atoms with Crippen LogP contribution in [0.2, 0.25) is 0 Å². The highest BCUT2D eigenvalue weighted by atomic mass is 32.1. The maximum absolute atomic E-state index is 5.06. The van der Waals surface area contributed by atoms with Crippen molar-refractivity contribution in [2.75, 3.05) is 0 Å². The third-order valence-corrected chi connectivity index (χ3v) is 2.72. The van der Waals surface area contributed by atoms with Crippen LogP contribution in [-0.2, 0) is 0 Å². The zero-order valence-corrected chi connectivity index (χ0v) is 10.5. The summed E-state index contributed by atoms with van der Waals surface area (Å²) in [6, 6.07) is 6.47. The lowest BCUT2D eigenvalue weighted by Gasteiger charge is -2.07. The number of rotatable bonds is 1. The summed E-state index contributed by atoms with van der Waals surface area (Å²) in [5.74, 6) is 0. The second kappa shape index (κ2) is 4.18. The van der Waals surface area contributed by atoms with Crippen molar-refractivity contribution < 1.29 is 0 Å². The number of nitrogens with zero attached hydrogens (tertiary/aromatic N) is 1. The molecule has 0 unspecified atom stereocenters. The molecular weight excluding hydrogens is 216 g/mol. The Morgan fingerprint density at radius 2 is 1.69 bits per heavy atom. The Kier molecular flexibility index (Phi) is 2.88. The molecule has 1 aromatic carbocycles. The fourth-order valence-electron chi connectivity index (χ4n) is 1.88. The Balaban J connectivity index is 2.66. The number of aryl methyl sites for hydroxylation is 3. The molecule has 0 bridgehead atoms. The Bertz CT molecular complexity index is 564. The van der Waals surface area contributed by atoms with E-state index in [0.717, 1.165) is 11.3 Å². The van der Waals surface area contributed by atoms with Gasteiger partial charge in [0.15, 0.2) is 4.77 Å². The molecule has 0 fully saturated rings. The van der Waals surface area contributed by atoms with Gasteiger partial charge in [-0.15, -0.1) is 0 Å². The maximum Gasteiger partial charge on any atom is 0.197 e. The molecule has 1 N–H and O–H groups in total. The molecule has 0 amide bonds. The molecule has 3 heteroatoms. The van der Waals surface area contributed by atoms with E-state index < -0.39 is 0 Å². The van der Waals surface area contributed by atoms with Crippen molar-refractivity contribution in [2.24, 2.45) is 0 Å². The second-order valence-corrected chi connectivity index (χ2v) is 4.51. The van der Waals surface area contributed by atoms with Crippen molar-refractivity contribution in [1.29, 1.82) is 0 Å². The lowest BCUT2D eigenvalue weighted by molar-refractivity contribution is 1.10. The molecule has 0 aliphatic carbocycles. The van der Waals surface area contributed by atoms with Crippen LogP contribution in [0.5, 0.6) is 0 Å². The van der Waals surface area contributed by atoms with E-state index in [1.54, 1.807) is 0 Å². The molecule has 2 aromatic rings.